The SMILES string of the molecule is COc1ccc(C(=O)N[C@@H]2CCC[C@@H]2C(=O)NCCc2ccccn2)cn1. The Morgan fingerprint density at radius 3 is 2.78 bits per heavy atom. The van der Waals surface area contributed by atoms with Gasteiger partial charge in [0.1, 0.15) is 0 Å². The Bertz CT molecular complexity index is 765. The molecule has 0 saturated heterocycles. The van der Waals surface area contributed by atoms with Gasteiger partial charge in [-0.25, -0.2) is 4.98 Å². The summed E-state index contributed by atoms with van der Waals surface area (Å²) in [6.07, 6.45) is 6.41. The predicted molar refractivity (Wildman–Crippen MR) is 100 cm³/mol. The lowest BCUT2D eigenvalue weighted by molar-refractivity contribution is -0.125. The maximum absolute atomic E-state index is 12.5. The monoisotopic (exact) mass is 368 g/mol. The van der Waals surface area contributed by atoms with Gasteiger partial charge < -0.3 is 15.4 Å². The summed E-state index contributed by atoms with van der Waals surface area (Å²) in [5, 5.41) is 5.95. The lowest BCUT2D eigenvalue weighted by atomic mass is 10.0. The molecule has 0 aromatic carbocycles. The molecule has 1 aliphatic rings. The van der Waals surface area contributed by atoms with E-state index in [1.807, 2.05) is 18.2 Å². The van der Waals surface area contributed by atoms with Crippen LogP contribution in [0.1, 0.15) is 35.3 Å². The number of nitrogens with one attached hydrogen (secondary N) is 2. The van der Waals surface area contributed by atoms with Crippen molar-refractivity contribution in [1.82, 2.24) is 20.6 Å². The number of ether oxygens (including phenoxy) is 1. The van der Waals surface area contributed by atoms with E-state index in [0.717, 1.165) is 25.0 Å². The summed E-state index contributed by atoms with van der Waals surface area (Å²) >= 11 is 0. The number of rotatable bonds is 7. The summed E-state index contributed by atoms with van der Waals surface area (Å²) < 4.78 is 5.00. The van der Waals surface area contributed by atoms with Crippen molar-refractivity contribution in [3.63, 3.8) is 0 Å². The van der Waals surface area contributed by atoms with E-state index in [1.54, 1.807) is 18.3 Å². The van der Waals surface area contributed by atoms with Crippen LogP contribution < -0.4 is 15.4 Å². The fraction of sp³-hybridized carbons (Fsp3) is 0.400. The standard InChI is InChI=1S/C20H24N4O3/c1-27-18-9-8-14(13-23-18)19(25)24-17-7-4-6-16(17)20(26)22-12-10-15-5-2-3-11-21-15/h2-3,5,8-9,11,13,16-17H,4,6-7,10,12H2,1H3,(H,22,26)(H,24,25)/t16-,17+/m0/s1. The molecule has 1 saturated carbocycles. The van der Waals surface area contributed by atoms with Crippen LogP contribution in [-0.4, -0.2) is 41.5 Å². The minimum absolute atomic E-state index is 0.0124. The number of hydrogen-bond acceptors (Lipinski definition) is 5. The molecule has 2 N–H and O–H groups in total. The van der Waals surface area contributed by atoms with Crippen molar-refractivity contribution in [3.05, 3.63) is 54.0 Å². The van der Waals surface area contributed by atoms with Gasteiger partial charge in [0.2, 0.25) is 11.8 Å². The Balaban J connectivity index is 1.51. The summed E-state index contributed by atoms with van der Waals surface area (Å²) in [6.45, 7) is 0.537. The summed E-state index contributed by atoms with van der Waals surface area (Å²) in [6, 6.07) is 8.89. The Kier molecular flexibility index (Phi) is 6.35. The highest BCUT2D eigenvalue weighted by molar-refractivity contribution is 5.94. The molecular formula is C20H24N4O3. The highest BCUT2D eigenvalue weighted by Gasteiger charge is 2.34. The van der Waals surface area contributed by atoms with Crippen LogP contribution in [0, 0.1) is 5.92 Å². The molecule has 2 aromatic rings. The van der Waals surface area contributed by atoms with E-state index in [2.05, 4.69) is 20.6 Å². The zero-order chi connectivity index (χ0) is 19.1. The van der Waals surface area contributed by atoms with Crippen LogP contribution in [0.4, 0.5) is 0 Å². The maximum Gasteiger partial charge on any atom is 0.253 e. The van der Waals surface area contributed by atoms with Gasteiger partial charge >= 0.3 is 0 Å². The first-order valence-corrected chi connectivity index (χ1v) is 9.16. The molecule has 7 heteroatoms. The first-order valence-electron chi connectivity index (χ1n) is 9.16. The van der Waals surface area contributed by atoms with Crippen LogP contribution >= 0.6 is 0 Å². The Labute approximate surface area is 158 Å². The number of amides is 2. The van der Waals surface area contributed by atoms with E-state index in [0.29, 0.717) is 24.4 Å². The number of hydrogen-bond donors (Lipinski definition) is 2. The quantitative estimate of drug-likeness (QED) is 0.777. The largest absolute Gasteiger partial charge is 0.481 e. The third kappa shape index (κ3) is 5.03. The topological polar surface area (TPSA) is 93.2 Å². The van der Waals surface area contributed by atoms with Gasteiger partial charge in [0.25, 0.3) is 5.91 Å². The molecule has 0 aliphatic heterocycles. The molecule has 0 bridgehead atoms. The zero-order valence-electron chi connectivity index (χ0n) is 15.4. The highest BCUT2D eigenvalue weighted by atomic mass is 16.5. The zero-order valence-corrected chi connectivity index (χ0v) is 15.4. The summed E-state index contributed by atoms with van der Waals surface area (Å²) in [5.74, 6) is 0.0198. The van der Waals surface area contributed by atoms with Crippen LogP contribution in [-0.2, 0) is 11.2 Å². The van der Waals surface area contributed by atoms with Crippen LogP contribution in [0.3, 0.4) is 0 Å². The van der Waals surface area contributed by atoms with Gasteiger partial charge in [0, 0.05) is 43.2 Å². The average molecular weight is 368 g/mol. The maximum atomic E-state index is 12.5. The minimum Gasteiger partial charge on any atom is -0.481 e. The van der Waals surface area contributed by atoms with Crippen LogP contribution in [0.25, 0.3) is 0 Å². The van der Waals surface area contributed by atoms with Gasteiger partial charge in [-0.15, -0.1) is 0 Å². The predicted octanol–water partition coefficient (Wildman–Crippen LogP) is 1.74. The van der Waals surface area contributed by atoms with Crippen molar-refractivity contribution in [2.24, 2.45) is 5.92 Å². The van der Waals surface area contributed by atoms with Crippen molar-refractivity contribution in [1.29, 1.82) is 0 Å². The first-order chi connectivity index (χ1) is 13.2. The number of pyridine rings is 2. The van der Waals surface area contributed by atoms with E-state index in [-0.39, 0.29) is 23.8 Å². The van der Waals surface area contributed by atoms with Crippen molar-refractivity contribution >= 4 is 11.8 Å². The molecule has 2 amide bonds. The molecule has 2 atom stereocenters. The number of carbonyl (C=O) groups is 2. The smallest absolute Gasteiger partial charge is 0.253 e. The van der Waals surface area contributed by atoms with E-state index in [1.165, 1.54) is 13.3 Å². The molecule has 7 nitrogen and oxygen atoms in total. The molecule has 3 rings (SSSR count). The van der Waals surface area contributed by atoms with Gasteiger partial charge in [-0.2, -0.15) is 0 Å². The second-order valence-corrected chi connectivity index (χ2v) is 6.57. The highest BCUT2D eigenvalue weighted by Crippen LogP contribution is 2.26. The molecule has 2 heterocycles. The van der Waals surface area contributed by atoms with Gasteiger partial charge in [-0.1, -0.05) is 12.5 Å². The Hall–Kier alpha value is -2.96. The van der Waals surface area contributed by atoms with Crippen molar-refractivity contribution < 1.29 is 14.3 Å². The van der Waals surface area contributed by atoms with E-state index in [9.17, 15) is 9.59 Å². The fourth-order valence-electron chi connectivity index (χ4n) is 3.32. The van der Waals surface area contributed by atoms with E-state index in [4.69, 9.17) is 4.74 Å². The summed E-state index contributed by atoms with van der Waals surface area (Å²) in [5.41, 5.74) is 1.40. The first kappa shape index (κ1) is 18.8. The lowest BCUT2D eigenvalue weighted by Gasteiger charge is -2.20. The molecule has 142 valence electrons. The number of carbonyl (C=O) groups excluding carboxylic acids is 2. The molecule has 1 fully saturated rings. The minimum atomic E-state index is -0.219. The van der Waals surface area contributed by atoms with Gasteiger partial charge in [0.15, 0.2) is 0 Å². The number of methoxy groups -OCH3 is 1. The molecule has 2 aromatic heterocycles. The summed E-state index contributed by atoms with van der Waals surface area (Å²) in [4.78, 5) is 33.3. The normalized spacial score (nSPS) is 18.7. The van der Waals surface area contributed by atoms with E-state index < -0.39 is 0 Å². The van der Waals surface area contributed by atoms with Gasteiger partial charge in [-0.05, 0) is 31.0 Å². The number of aromatic nitrogens is 2. The van der Waals surface area contributed by atoms with Crippen LogP contribution in [0.5, 0.6) is 5.88 Å². The van der Waals surface area contributed by atoms with Crippen molar-refractivity contribution in [2.45, 2.75) is 31.7 Å². The van der Waals surface area contributed by atoms with Crippen molar-refractivity contribution in [2.75, 3.05) is 13.7 Å². The molecule has 0 spiro atoms. The Morgan fingerprint density at radius 2 is 2.07 bits per heavy atom. The molecular weight excluding hydrogens is 344 g/mol. The van der Waals surface area contributed by atoms with Gasteiger partial charge in [0.05, 0.1) is 18.6 Å². The summed E-state index contributed by atoms with van der Waals surface area (Å²) in [7, 11) is 1.53. The van der Waals surface area contributed by atoms with E-state index >= 15 is 0 Å². The lowest BCUT2D eigenvalue weighted by Crippen LogP contribution is -2.44. The van der Waals surface area contributed by atoms with Crippen molar-refractivity contribution in [3.8, 4) is 5.88 Å². The molecule has 27 heavy (non-hydrogen) atoms. The third-order valence-electron chi connectivity index (χ3n) is 4.78. The Morgan fingerprint density at radius 1 is 1.19 bits per heavy atom. The number of nitrogens with zero attached hydrogens (tertiary/aromatic N) is 2. The molecule has 0 radical (unpaired) electrons. The molecule has 0 unspecified atom stereocenters. The third-order valence-corrected chi connectivity index (χ3v) is 4.78. The van der Waals surface area contributed by atoms with Crippen LogP contribution in [0.15, 0.2) is 42.7 Å². The van der Waals surface area contributed by atoms with Crippen LogP contribution in [0.2, 0.25) is 0 Å². The van der Waals surface area contributed by atoms with Gasteiger partial charge in [-0.3, -0.25) is 14.6 Å². The fourth-order valence-corrected chi connectivity index (χ4v) is 3.32. The second-order valence-electron chi connectivity index (χ2n) is 6.57. The molecule has 1 aliphatic carbocycles. The second kappa shape index (κ2) is 9.12. The average Bonchev–Trinajstić information content (AvgIpc) is 3.17.